The first kappa shape index (κ1) is 20.5. The number of imide groups is 1. The van der Waals surface area contributed by atoms with E-state index in [1.807, 2.05) is 13.0 Å². The second kappa shape index (κ2) is 6.70. The number of aryl methyl sites for hydroxylation is 1. The molecule has 6 nitrogen and oxygen atoms in total. The van der Waals surface area contributed by atoms with Crippen molar-refractivity contribution in [1.29, 1.82) is 0 Å². The highest BCUT2D eigenvalue weighted by Gasteiger charge is 2.74. The minimum atomic E-state index is -1.26. The molecule has 3 saturated heterocycles. The van der Waals surface area contributed by atoms with E-state index in [2.05, 4.69) is 10.2 Å². The second-order valence-electron chi connectivity index (χ2n) is 8.91. The molecule has 0 aromatic heterocycles. The van der Waals surface area contributed by atoms with E-state index < -0.39 is 23.3 Å². The first-order valence-corrected chi connectivity index (χ1v) is 11.6. The average molecular weight is 491 g/mol. The molecule has 4 aliphatic rings. The van der Waals surface area contributed by atoms with E-state index >= 15 is 0 Å². The lowest BCUT2D eigenvalue weighted by molar-refractivity contribution is -0.135. The third kappa shape index (κ3) is 2.34. The Bertz CT molecular complexity index is 1250. The molecular formula is C23H18Cl3N3O3. The number of hydrogen-bond donors (Lipinski definition) is 1. The number of amides is 3. The van der Waals surface area contributed by atoms with Crippen molar-refractivity contribution in [3.63, 3.8) is 0 Å². The summed E-state index contributed by atoms with van der Waals surface area (Å²) >= 11 is 18.7. The summed E-state index contributed by atoms with van der Waals surface area (Å²) in [5, 5.41) is 3.95. The highest BCUT2D eigenvalue weighted by Crippen LogP contribution is 2.61. The normalized spacial score (nSPS) is 30.8. The number of anilines is 2. The number of nitrogens with one attached hydrogen (secondary N) is 1. The quantitative estimate of drug-likeness (QED) is 0.602. The van der Waals surface area contributed by atoms with Crippen LogP contribution in [0.3, 0.4) is 0 Å². The number of halogens is 3. The lowest BCUT2D eigenvalue weighted by Crippen LogP contribution is -2.54. The Labute approximate surface area is 199 Å². The Morgan fingerprint density at radius 1 is 1.00 bits per heavy atom. The van der Waals surface area contributed by atoms with Crippen LogP contribution in [0, 0.1) is 18.8 Å². The maximum atomic E-state index is 13.9. The van der Waals surface area contributed by atoms with Gasteiger partial charge in [-0.05, 0) is 56.1 Å². The summed E-state index contributed by atoms with van der Waals surface area (Å²) in [5.74, 6) is -2.44. The fourth-order valence-corrected chi connectivity index (χ4v) is 6.89. The summed E-state index contributed by atoms with van der Waals surface area (Å²) in [7, 11) is 0. The van der Waals surface area contributed by atoms with Gasteiger partial charge in [0, 0.05) is 11.6 Å². The van der Waals surface area contributed by atoms with E-state index in [4.69, 9.17) is 34.8 Å². The summed E-state index contributed by atoms with van der Waals surface area (Å²) < 4.78 is 0. The van der Waals surface area contributed by atoms with Crippen molar-refractivity contribution in [2.24, 2.45) is 11.8 Å². The molecule has 0 unspecified atom stereocenters. The Morgan fingerprint density at radius 3 is 2.53 bits per heavy atom. The van der Waals surface area contributed by atoms with Gasteiger partial charge in [0.1, 0.15) is 5.54 Å². The number of carbonyl (C=O) groups is 3. The van der Waals surface area contributed by atoms with Gasteiger partial charge in [0.2, 0.25) is 11.8 Å². The molecule has 3 amide bonds. The topological polar surface area (TPSA) is 69.7 Å². The van der Waals surface area contributed by atoms with Gasteiger partial charge in [0.25, 0.3) is 5.91 Å². The van der Waals surface area contributed by atoms with Crippen LogP contribution in [0.25, 0.3) is 0 Å². The molecule has 0 saturated carbocycles. The van der Waals surface area contributed by atoms with E-state index in [9.17, 15) is 14.4 Å². The van der Waals surface area contributed by atoms with Gasteiger partial charge in [-0.15, -0.1) is 0 Å². The van der Waals surface area contributed by atoms with Gasteiger partial charge in [-0.1, -0.05) is 40.9 Å². The molecule has 3 fully saturated rings. The molecule has 0 bridgehead atoms. The standard InChI is InChI=1S/C23H18Cl3N3O3/c1-10-7-12-19(15(26)8-10)27-22(32)23(12)18-17(16-3-2-6-28(16)23)20(30)29(21(18)31)11-4-5-13(24)14(25)9-11/h4-5,7-9,16-18H,2-3,6H2,1H3,(H,27,32)/t16-,17-,18-,23+/m0/s1. The van der Waals surface area contributed by atoms with Crippen molar-refractivity contribution in [3.8, 4) is 0 Å². The Balaban J connectivity index is 1.57. The van der Waals surface area contributed by atoms with Crippen LogP contribution in [-0.2, 0) is 19.9 Å². The lowest BCUT2D eigenvalue weighted by atomic mass is 9.75. The van der Waals surface area contributed by atoms with E-state index in [0.29, 0.717) is 33.5 Å². The zero-order chi connectivity index (χ0) is 22.5. The largest absolute Gasteiger partial charge is 0.323 e. The molecule has 6 rings (SSSR count). The molecule has 164 valence electrons. The van der Waals surface area contributed by atoms with Crippen LogP contribution in [0.5, 0.6) is 0 Å². The molecule has 1 N–H and O–H groups in total. The molecular weight excluding hydrogens is 473 g/mol. The van der Waals surface area contributed by atoms with Crippen LogP contribution < -0.4 is 10.2 Å². The first-order chi connectivity index (χ1) is 15.3. The fourth-order valence-electron chi connectivity index (χ4n) is 6.27. The van der Waals surface area contributed by atoms with E-state index in [0.717, 1.165) is 18.4 Å². The monoisotopic (exact) mass is 489 g/mol. The van der Waals surface area contributed by atoms with Gasteiger partial charge in [0.05, 0.1) is 38.3 Å². The summed E-state index contributed by atoms with van der Waals surface area (Å²) in [4.78, 5) is 44.5. The Kier molecular flexibility index (Phi) is 4.29. The number of rotatable bonds is 1. The van der Waals surface area contributed by atoms with Crippen molar-refractivity contribution in [2.45, 2.75) is 31.3 Å². The number of fused-ring (bicyclic) bond motifs is 7. The van der Waals surface area contributed by atoms with Crippen molar-refractivity contribution >= 4 is 63.9 Å². The van der Waals surface area contributed by atoms with Crippen LogP contribution in [0.2, 0.25) is 15.1 Å². The van der Waals surface area contributed by atoms with E-state index in [-0.39, 0.29) is 22.9 Å². The molecule has 0 aliphatic carbocycles. The van der Waals surface area contributed by atoms with Gasteiger partial charge >= 0.3 is 0 Å². The van der Waals surface area contributed by atoms with E-state index in [1.165, 1.54) is 11.0 Å². The highest BCUT2D eigenvalue weighted by molar-refractivity contribution is 6.42. The van der Waals surface area contributed by atoms with Gasteiger partial charge in [-0.25, -0.2) is 4.90 Å². The van der Waals surface area contributed by atoms with Crippen molar-refractivity contribution in [1.82, 2.24) is 4.90 Å². The molecule has 2 aromatic carbocycles. The first-order valence-electron chi connectivity index (χ1n) is 10.5. The number of benzene rings is 2. The van der Waals surface area contributed by atoms with Crippen LogP contribution in [0.15, 0.2) is 30.3 Å². The zero-order valence-electron chi connectivity index (χ0n) is 17.0. The number of nitrogens with zero attached hydrogens (tertiary/aromatic N) is 2. The predicted octanol–water partition coefficient (Wildman–Crippen LogP) is 4.39. The summed E-state index contributed by atoms with van der Waals surface area (Å²) in [5.41, 5.74) is 1.21. The predicted molar refractivity (Wildman–Crippen MR) is 122 cm³/mol. The molecule has 4 atom stereocenters. The highest BCUT2D eigenvalue weighted by atomic mass is 35.5. The Hall–Kier alpha value is -2.12. The Morgan fingerprint density at radius 2 is 1.78 bits per heavy atom. The molecule has 2 aromatic rings. The van der Waals surface area contributed by atoms with Crippen LogP contribution in [0.1, 0.15) is 24.0 Å². The summed E-state index contributed by atoms with van der Waals surface area (Å²) in [6.07, 6.45) is 1.60. The third-order valence-corrected chi connectivity index (χ3v) is 8.40. The van der Waals surface area contributed by atoms with Gasteiger partial charge in [-0.3, -0.25) is 19.3 Å². The summed E-state index contributed by atoms with van der Waals surface area (Å²) in [6, 6.07) is 8.19. The average Bonchev–Trinajstić information content (AvgIpc) is 3.44. The van der Waals surface area contributed by atoms with E-state index in [1.54, 1.807) is 18.2 Å². The van der Waals surface area contributed by atoms with Crippen LogP contribution in [0.4, 0.5) is 11.4 Å². The van der Waals surface area contributed by atoms with Crippen molar-refractivity contribution in [2.75, 3.05) is 16.8 Å². The fraction of sp³-hybridized carbons (Fsp3) is 0.348. The van der Waals surface area contributed by atoms with Gasteiger partial charge in [-0.2, -0.15) is 0 Å². The molecule has 32 heavy (non-hydrogen) atoms. The molecule has 4 heterocycles. The van der Waals surface area contributed by atoms with Gasteiger partial charge < -0.3 is 5.32 Å². The SMILES string of the molecule is Cc1cc(Cl)c2c(c1)[C@]1(C(=O)N2)[C@@H]2C(=O)N(c3ccc(Cl)c(Cl)c3)C(=O)[C@H]2[C@@H]2CCCN21. The van der Waals surface area contributed by atoms with Crippen LogP contribution >= 0.6 is 34.8 Å². The molecule has 4 aliphatic heterocycles. The molecule has 1 spiro atoms. The van der Waals surface area contributed by atoms with Crippen LogP contribution in [-0.4, -0.2) is 35.2 Å². The molecule has 0 radical (unpaired) electrons. The molecule has 9 heteroatoms. The second-order valence-corrected chi connectivity index (χ2v) is 10.1. The van der Waals surface area contributed by atoms with Crippen molar-refractivity contribution in [3.05, 3.63) is 56.5 Å². The van der Waals surface area contributed by atoms with Crippen molar-refractivity contribution < 1.29 is 14.4 Å². The number of carbonyl (C=O) groups excluding carboxylic acids is 3. The maximum Gasteiger partial charge on any atom is 0.250 e. The van der Waals surface area contributed by atoms with Gasteiger partial charge in [0.15, 0.2) is 0 Å². The zero-order valence-corrected chi connectivity index (χ0v) is 19.3. The maximum absolute atomic E-state index is 13.9. The lowest BCUT2D eigenvalue weighted by Gasteiger charge is -2.36. The summed E-state index contributed by atoms with van der Waals surface area (Å²) in [6.45, 7) is 2.55. The minimum absolute atomic E-state index is 0.194. The smallest absolute Gasteiger partial charge is 0.250 e. The number of hydrogen-bond acceptors (Lipinski definition) is 4. The third-order valence-electron chi connectivity index (χ3n) is 7.36. The minimum Gasteiger partial charge on any atom is -0.323 e.